The first kappa shape index (κ1) is 15.4. The Kier molecular flexibility index (Phi) is 3.99. The van der Waals surface area contributed by atoms with Crippen LogP contribution < -0.4 is 0 Å². The van der Waals surface area contributed by atoms with Crippen LogP contribution in [0.25, 0.3) is 11.5 Å². The molecule has 3 aromatic heterocycles. The average Bonchev–Trinajstić information content (AvgIpc) is 2.95. The first-order chi connectivity index (χ1) is 10.9. The van der Waals surface area contributed by atoms with Crippen molar-refractivity contribution in [3.8, 4) is 11.5 Å². The van der Waals surface area contributed by atoms with E-state index < -0.39 is 11.7 Å². The van der Waals surface area contributed by atoms with E-state index in [-0.39, 0.29) is 23.8 Å². The minimum atomic E-state index is -4.43. The Morgan fingerprint density at radius 2 is 2.00 bits per heavy atom. The van der Waals surface area contributed by atoms with Crippen molar-refractivity contribution in [3.63, 3.8) is 0 Å². The molecule has 0 bridgehead atoms. The summed E-state index contributed by atoms with van der Waals surface area (Å²) >= 11 is 5.97. The molecule has 0 saturated carbocycles. The van der Waals surface area contributed by atoms with Crippen molar-refractivity contribution in [1.29, 1.82) is 0 Å². The van der Waals surface area contributed by atoms with Crippen LogP contribution in [0.15, 0.2) is 41.3 Å². The van der Waals surface area contributed by atoms with Crippen molar-refractivity contribution in [3.05, 3.63) is 58.9 Å². The molecular weight excluding hydrogens is 333 g/mol. The third-order valence-corrected chi connectivity index (χ3v) is 3.26. The molecule has 0 spiro atoms. The minimum Gasteiger partial charge on any atom is -0.334 e. The number of hydrogen-bond donors (Lipinski definition) is 0. The van der Waals surface area contributed by atoms with Gasteiger partial charge in [0.15, 0.2) is 5.82 Å². The second kappa shape index (κ2) is 5.96. The largest absolute Gasteiger partial charge is 0.416 e. The van der Waals surface area contributed by atoms with E-state index in [4.69, 9.17) is 16.1 Å². The molecule has 0 N–H and O–H groups in total. The lowest BCUT2D eigenvalue weighted by atomic mass is 10.2. The summed E-state index contributed by atoms with van der Waals surface area (Å²) in [5.74, 6) is 0.374. The number of alkyl halides is 3. The lowest BCUT2D eigenvalue weighted by Gasteiger charge is -2.06. The predicted octanol–water partition coefficient (Wildman–Crippen LogP) is 3.79. The normalized spacial score (nSPS) is 11.7. The van der Waals surface area contributed by atoms with Gasteiger partial charge in [-0.15, -0.1) is 0 Å². The van der Waals surface area contributed by atoms with Crippen LogP contribution in [0, 0.1) is 0 Å². The van der Waals surface area contributed by atoms with Crippen LogP contribution >= 0.6 is 11.6 Å². The fourth-order valence-electron chi connectivity index (χ4n) is 1.90. The van der Waals surface area contributed by atoms with Gasteiger partial charge >= 0.3 is 6.18 Å². The molecule has 3 heterocycles. The molecule has 0 atom stereocenters. The topological polar surface area (TPSA) is 64.7 Å². The highest BCUT2D eigenvalue weighted by molar-refractivity contribution is 6.32. The van der Waals surface area contributed by atoms with E-state index in [0.717, 1.165) is 18.3 Å². The average molecular weight is 341 g/mol. The van der Waals surface area contributed by atoms with E-state index in [2.05, 4.69) is 20.1 Å². The van der Waals surface area contributed by atoms with Gasteiger partial charge in [-0.25, -0.2) is 0 Å². The van der Waals surface area contributed by atoms with E-state index >= 15 is 0 Å². The van der Waals surface area contributed by atoms with Gasteiger partial charge in [-0.05, 0) is 18.2 Å². The number of halogens is 4. The van der Waals surface area contributed by atoms with Crippen LogP contribution in [0.5, 0.6) is 0 Å². The zero-order chi connectivity index (χ0) is 16.4. The lowest BCUT2D eigenvalue weighted by Crippen LogP contribution is -2.06. The van der Waals surface area contributed by atoms with Crippen LogP contribution in [0.4, 0.5) is 13.2 Å². The van der Waals surface area contributed by atoms with E-state index in [1.807, 2.05) is 0 Å². The van der Waals surface area contributed by atoms with Crippen molar-refractivity contribution in [1.82, 2.24) is 20.1 Å². The summed E-state index contributed by atoms with van der Waals surface area (Å²) in [7, 11) is 0. The Hall–Kier alpha value is -2.48. The van der Waals surface area contributed by atoms with Crippen molar-refractivity contribution >= 4 is 11.6 Å². The SMILES string of the molecule is FC(F)(F)c1ccnc(Cc2noc(-c3ccncc3Cl)n2)c1. The summed E-state index contributed by atoms with van der Waals surface area (Å²) < 4.78 is 43.1. The molecule has 3 aromatic rings. The Morgan fingerprint density at radius 1 is 1.17 bits per heavy atom. The quantitative estimate of drug-likeness (QED) is 0.725. The van der Waals surface area contributed by atoms with E-state index in [9.17, 15) is 13.2 Å². The zero-order valence-electron chi connectivity index (χ0n) is 11.4. The second-order valence-electron chi connectivity index (χ2n) is 4.58. The van der Waals surface area contributed by atoms with Crippen LogP contribution in [0.1, 0.15) is 17.1 Å². The molecule has 9 heteroatoms. The number of rotatable bonds is 3. The summed E-state index contributed by atoms with van der Waals surface area (Å²) in [5.41, 5.74) is -0.0891. The van der Waals surface area contributed by atoms with Crippen molar-refractivity contribution in [2.75, 3.05) is 0 Å². The molecule has 0 aliphatic heterocycles. The minimum absolute atomic E-state index is 0.0100. The molecule has 0 fully saturated rings. The maximum absolute atomic E-state index is 12.7. The fraction of sp³-hybridized carbons (Fsp3) is 0.143. The molecule has 0 unspecified atom stereocenters. The predicted molar refractivity (Wildman–Crippen MR) is 74.6 cm³/mol. The highest BCUT2D eigenvalue weighted by atomic mass is 35.5. The standard InChI is InChI=1S/C14H8ClF3N4O/c15-11-7-19-3-2-10(11)13-21-12(22-23-13)6-9-5-8(1-4-20-9)14(16,17)18/h1-5,7H,6H2. The van der Waals surface area contributed by atoms with Gasteiger partial charge in [0.1, 0.15) is 0 Å². The molecule has 23 heavy (non-hydrogen) atoms. The fourth-order valence-corrected chi connectivity index (χ4v) is 2.10. The smallest absolute Gasteiger partial charge is 0.334 e. The third-order valence-electron chi connectivity index (χ3n) is 2.95. The Morgan fingerprint density at radius 3 is 2.74 bits per heavy atom. The van der Waals surface area contributed by atoms with Gasteiger partial charge in [-0.3, -0.25) is 9.97 Å². The number of aromatic nitrogens is 4. The monoisotopic (exact) mass is 340 g/mol. The molecule has 0 amide bonds. The number of pyridine rings is 2. The second-order valence-corrected chi connectivity index (χ2v) is 4.99. The summed E-state index contributed by atoms with van der Waals surface area (Å²) in [4.78, 5) is 11.8. The molecule has 5 nitrogen and oxygen atoms in total. The van der Waals surface area contributed by atoms with E-state index in [1.165, 1.54) is 12.4 Å². The van der Waals surface area contributed by atoms with E-state index in [0.29, 0.717) is 10.6 Å². The first-order valence-electron chi connectivity index (χ1n) is 6.38. The maximum Gasteiger partial charge on any atom is 0.416 e. The molecular formula is C14H8ClF3N4O. The molecule has 0 radical (unpaired) electrons. The van der Waals surface area contributed by atoms with Gasteiger partial charge in [0.2, 0.25) is 0 Å². The summed E-state index contributed by atoms with van der Waals surface area (Å²) in [6.07, 6.45) is -0.381. The van der Waals surface area contributed by atoms with Gasteiger partial charge in [0.25, 0.3) is 5.89 Å². The summed E-state index contributed by atoms with van der Waals surface area (Å²) in [6, 6.07) is 3.46. The highest BCUT2D eigenvalue weighted by Gasteiger charge is 2.30. The Labute approximate surface area is 133 Å². The summed E-state index contributed by atoms with van der Waals surface area (Å²) in [6.45, 7) is 0. The van der Waals surface area contributed by atoms with Gasteiger partial charge in [-0.1, -0.05) is 16.8 Å². The third kappa shape index (κ3) is 3.48. The van der Waals surface area contributed by atoms with Gasteiger partial charge in [0, 0.05) is 24.3 Å². The summed E-state index contributed by atoms with van der Waals surface area (Å²) in [5, 5.41) is 4.07. The molecule has 3 rings (SSSR count). The number of nitrogens with zero attached hydrogens (tertiary/aromatic N) is 4. The number of hydrogen-bond acceptors (Lipinski definition) is 5. The lowest BCUT2D eigenvalue weighted by molar-refractivity contribution is -0.137. The Bertz CT molecular complexity index is 835. The molecule has 0 aliphatic carbocycles. The molecule has 118 valence electrons. The van der Waals surface area contributed by atoms with Crippen LogP contribution in [0.3, 0.4) is 0 Å². The van der Waals surface area contributed by atoms with Crippen LogP contribution in [-0.2, 0) is 12.6 Å². The molecule has 0 aliphatic rings. The van der Waals surface area contributed by atoms with Crippen molar-refractivity contribution < 1.29 is 17.7 Å². The first-order valence-corrected chi connectivity index (χ1v) is 6.76. The van der Waals surface area contributed by atoms with Crippen LogP contribution in [-0.4, -0.2) is 20.1 Å². The van der Waals surface area contributed by atoms with Gasteiger partial charge < -0.3 is 4.52 Å². The van der Waals surface area contributed by atoms with Gasteiger partial charge in [0.05, 0.1) is 22.6 Å². The zero-order valence-corrected chi connectivity index (χ0v) is 12.1. The molecule has 0 aromatic carbocycles. The Balaban J connectivity index is 1.84. The maximum atomic E-state index is 12.7. The van der Waals surface area contributed by atoms with Crippen LogP contribution in [0.2, 0.25) is 5.02 Å². The highest BCUT2D eigenvalue weighted by Crippen LogP contribution is 2.29. The van der Waals surface area contributed by atoms with E-state index in [1.54, 1.807) is 6.07 Å². The van der Waals surface area contributed by atoms with Crippen molar-refractivity contribution in [2.45, 2.75) is 12.6 Å². The molecule has 0 saturated heterocycles. The van der Waals surface area contributed by atoms with Crippen molar-refractivity contribution in [2.24, 2.45) is 0 Å². The van der Waals surface area contributed by atoms with Gasteiger partial charge in [-0.2, -0.15) is 18.2 Å².